The van der Waals surface area contributed by atoms with Gasteiger partial charge >= 0.3 is 0 Å². The van der Waals surface area contributed by atoms with Gasteiger partial charge in [-0.3, -0.25) is 4.72 Å². The third kappa shape index (κ3) is 5.27. The second-order valence-electron chi connectivity index (χ2n) is 9.22. The molecule has 5 nitrogen and oxygen atoms in total. The SMILES string of the molecule is CCCS(=O)(=O)Nc1ccc2c(c1)nc(C(C)(C)C)n2CC1CCC(F)(F)CC1. The van der Waals surface area contributed by atoms with Gasteiger partial charge in [-0.1, -0.05) is 27.7 Å². The molecule has 0 aliphatic heterocycles. The summed E-state index contributed by atoms with van der Waals surface area (Å²) in [6.45, 7) is 8.70. The fourth-order valence-corrected chi connectivity index (χ4v) is 5.12. The zero-order valence-corrected chi connectivity index (χ0v) is 18.5. The third-order valence-electron chi connectivity index (χ3n) is 5.44. The highest BCUT2D eigenvalue weighted by Crippen LogP contribution is 2.38. The number of imidazole rings is 1. The summed E-state index contributed by atoms with van der Waals surface area (Å²) in [5.41, 5.74) is 1.89. The predicted octanol–water partition coefficient (Wildman–Crippen LogP) is 5.31. The molecule has 1 aliphatic carbocycles. The van der Waals surface area contributed by atoms with Crippen LogP contribution >= 0.6 is 0 Å². The average Bonchev–Trinajstić information content (AvgIpc) is 2.94. The first-order valence-corrected chi connectivity index (χ1v) is 11.9. The van der Waals surface area contributed by atoms with E-state index in [2.05, 4.69) is 30.1 Å². The molecule has 8 heteroatoms. The molecule has 3 rings (SSSR count). The van der Waals surface area contributed by atoms with Crippen LogP contribution in [0.15, 0.2) is 18.2 Å². The average molecular weight is 428 g/mol. The van der Waals surface area contributed by atoms with E-state index in [0.29, 0.717) is 37.0 Å². The monoisotopic (exact) mass is 427 g/mol. The summed E-state index contributed by atoms with van der Waals surface area (Å²) in [6, 6.07) is 5.37. The molecule has 0 unspecified atom stereocenters. The maximum atomic E-state index is 13.5. The molecule has 0 saturated heterocycles. The van der Waals surface area contributed by atoms with Crippen LogP contribution in [0.25, 0.3) is 11.0 Å². The van der Waals surface area contributed by atoms with E-state index in [1.54, 1.807) is 12.1 Å². The van der Waals surface area contributed by atoms with Crippen LogP contribution in [0.5, 0.6) is 0 Å². The van der Waals surface area contributed by atoms with Crippen molar-refractivity contribution >= 4 is 26.7 Å². The summed E-state index contributed by atoms with van der Waals surface area (Å²) in [7, 11) is -3.37. The van der Waals surface area contributed by atoms with Crippen molar-refractivity contribution in [3.8, 4) is 0 Å². The lowest BCUT2D eigenvalue weighted by Crippen LogP contribution is -2.28. The molecule has 1 aromatic carbocycles. The van der Waals surface area contributed by atoms with Gasteiger partial charge in [0, 0.05) is 24.8 Å². The Morgan fingerprint density at radius 1 is 1.24 bits per heavy atom. The lowest BCUT2D eigenvalue weighted by molar-refractivity contribution is -0.0473. The lowest BCUT2D eigenvalue weighted by Gasteiger charge is -2.30. The van der Waals surface area contributed by atoms with Gasteiger partial charge < -0.3 is 4.57 Å². The zero-order chi connectivity index (χ0) is 21.4. The molecular weight excluding hydrogens is 396 g/mol. The summed E-state index contributed by atoms with van der Waals surface area (Å²) in [5.74, 6) is -1.39. The molecule has 1 fully saturated rings. The zero-order valence-electron chi connectivity index (χ0n) is 17.6. The maximum Gasteiger partial charge on any atom is 0.248 e. The van der Waals surface area contributed by atoms with E-state index in [1.165, 1.54) is 0 Å². The number of hydrogen-bond acceptors (Lipinski definition) is 3. The number of anilines is 1. The van der Waals surface area contributed by atoms with Gasteiger partial charge in [0.25, 0.3) is 0 Å². The second kappa shape index (κ2) is 7.85. The van der Waals surface area contributed by atoms with Crippen LogP contribution < -0.4 is 4.72 Å². The number of hydrogen-bond donors (Lipinski definition) is 1. The van der Waals surface area contributed by atoms with Crippen LogP contribution in [-0.2, 0) is 22.0 Å². The van der Waals surface area contributed by atoms with E-state index < -0.39 is 15.9 Å². The summed E-state index contributed by atoms with van der Waals surface area (Å²) < 4.78 is 56.0. The minimum Gasteiger partial charge on any atom is -0.327 e. The number of nitrogens with zero attached hydrogens (tertiary/aromatic N) is 2. The lowest BCUT2D eigenvalue weighted by atomic mass is 9.86. The molecule has 0 atom stereocenters. The predicted molar refractivity (Wildman–Crippen MR) is 113 cm³/mol. The molecule has 0 radical (unpaired) electrons. The van der Waals surface area contributed by atoms with Gasteiger partial charge in [0.15, 0.2) is 0 Å². The first-order chi connectivity index (χ1) is 13.4. The van der Waals surface area contributed by atoms with Crippen molar-refractivity contribution in [2.75, 3.05) is 10.5 Å². The Morgan fingerprint density at radius 3 is 2.48 bits per heavy atom. The van der Waals surface area contributed by atoms with Crippen LogP contribution in [0, 0.1) is 5.92 Å². The smallest absolute Gasteiger partial charge is 0.248 e. The number of halogens is 2. The van der Waals surface area contributed by atoms with E-state index in [1.807, 2.05) is 13.0 Å². The van der Waals surface area contributed by atoms with Gasteiger partial charge in [0.05, 0.1) is 22.5 Å². The molecule has 2 aromatic rings. The number of rotatable bonds is 6. The van der Waals surface area contributed by atoms with Gasteiger partial charge in [-0.2, -0.15) is 0 Å². The van der Waals surface area contributed by atoms with Crippen molar-refractivity contribution in [1.82, 2.24) is 9.55 Å². The molecule has 0 bridgehead atoms. The van der Waals surface area contributed by atoms with Crippen molar-refractivity contribution in [3.05, 3.63) is 24.0 Å². The Hall–Kier alpha value is -1.70. The van der Waals surface area contributed by atoms with Crippen molar-refractivity contribution in [1.29, 1.82) is 0 Å². The summed E-state index contributed by atoms with van der Waals surface area (Å²) >= 11 is 0. The summed E-state index contributed by atoms with van der Waals surface area (Å²) in [5, 5.41) is 0. The fraction of sp³-hybridized carbons (Fsp3) is 0.667. The minimum atomic E-state index is -3.37. The number of alkyl halides is 2. The fourth-order valence-electron chi connectivity index (χ4n) is 3.99. The van der Waals surface area contributed by atoms with Gasteiger partial charge in [0.1, 0.15) is 5.82 Å². The molecular formula is C21H31F2N3O2S. The van der Waals surface area contributed by atoms with E-state index in [-0.39, 0.29) is 29.9 Å². The molecule has 162 valence electrons. The van der Waals surface area contributed by atoms with Gasteiger partial charge in [-0.25, -0.2) is 22.2 Å². The largest absolute Gasteiger partial charge is 0.327 e. The van der Waals surface area contributed by atoms with Crippen molar-refractivity contribution in [2.24, 2.45) is 5.92 Å². The van der Waals surface area contributed by atoms with Crippen LogP contribution in [0.3, 0.4) is 0 Å². The number of fused-ring (bicyclic) bond motifs is 1. The number of nitrogens with one attached hydrogen (secondary N) is 1. The standard InChI is InChI=1S/C21H31F2N3O2S/c1-5-12-29(27,28)25-16-6-7-18-17(13-16)24-19(20(2,3)4)26(18)14-15-8-10-21(22,23)11-9-15/h6-7,13,15,25H,5,8-12,14H2,1-4H3. The first-order valence-electron chi connectivity index (χ1n) is 10.3. The molecule has 1 N–H and O–H groups in total. The molecule has 1 aromatic heterocycles. The van der Waals surface area contributed by atoms with Crippen LogP contribution in [0.2, 0.25) is 0 Å². The second-order valence-corrected chi connectivity index (χ2v) is 11.1. The molecule has 29 heavy (non-hydrogen) atoms. The van der Waals surface area contributed by atoms with Gasteiger partial charge in [-0.05, 0) is 43.4 Å². The number of aromatic nitrogens is 2. The van der Waals surface area contributed by atoms with E-state index >= 15 is 0 Å². The van der Waals surface area contributed by atoms with Crippen LogP contribution in [0.1, 0.15) is 65.6 Å². The quantitative estimate of drug-likeness (QED) is 0.679. The molecule has 1 heterocycles. The highest BCUT2D eigenvalue weighted by molar-refractivity contribution is 7.92. The topological polar surface area (TPSA) is 64.0 Å². The Bertz CT molecular complexity index is 968. The van der Waals surface area contributed by atoms with Crippen molar-refractivity contribution in [2.45, 2.75) is 77.7 Å². The van der Waals surface area contributed by atoms with Crippen LogP contribution in [-0.4, -0.2) is 29.6 Å². The Labute approximate surface area is 171 Å². The van der Waals surface area contributed by atoms with E-state index in [4.69, 9.17) is 4.98 Å². The summed E-state index contributed by atoms with van der Waals surface area (Å²) in [4.78, 5) is 4.79. The van der Waals surface area contributed by atoms with Crippen molar-refractivity contribution in [3.63, 3.8) is 0 Å². The molecule has 1 aliphatic rings. The third-order valence-corrected chi connectivity index (χ3v) is 6.94. The van der Waals surface area contributed by atoms with Crippen LogP contribution in [0.4, 0.5) is 14.5 Å². The first kappa shape index (κ1) is 22.0. The van der Waals surface area contributed by atoms with Gasteiger partial charge in [-0.15, -0.1) is 0 Å². The van der Waals surface area contributed by atoms with E-state index in [9.17, 15) is 17.2 Å². The highest BCUT2D eigenvalue weighted by atomic mass is 32.2. The van der Waals surface area contributed by atoms with Gasteiger partial charge in [0.2, 0.25) is 15.9 Å². The molecule has 1 saturated carbocycles. The van der Waals surface area contributed by atoms with Crippen molar-refractivity contribution < 1.29 is 17.2 Å². The summed E-state index contributed by atoms with van der Waals surface area (Å²) in [6.07, 6.45) is 1.44. The molecule has 0 amide bonds. The normalized spacial score (nSPS) is 18.3. The Morgan fingerprint density at radius 2 is 1.90 bits per heavy atom. The maximum absolute atomic E-state index is 13.5. The number of sulfonamides is 1. The Kier molecular flexibility index (Phi) is 5.96. The Balaban J connectivity index is 1.93. The molecule has 0 spiro atoms. The minimum absolute atomic E-state index is 0.0570. The highest BCUT2D eigenvalue weighted by Gasteiger charge is 2.35. The number of benzene rings is 1. The van der Waals surface area contributed by atoms with E-state index in [0.717, 1.165) is 11.3 Å².